The summed E-state index contributed by atoms with van der Waals surface area (Å²) < 4.78 is 1.46. The van der Waals surface area contributed by atoms with E-state index in [1.807, 2.05) is 12.2 Å². The summed E-state index contributed by atoms with van der Waals surface area (Å²) in [4.78, 5) is 0. The monoisotopic (exact) mass is 758 g/mol. The van der Waals surface area contributed by atoms with Crippen LogP contribution in [-0.4, -0.2) is 3.26 Å². The van der Waals surface area contributed by atoms with Crippen molar-refractivity contribution in [1.82, 2.24) is 0 Å². The van der Waals surface area contributed by atoms with Crippen LogP contribution in [0.4, 0.5) is 0 Å². The van der Waals surface area contributed by atoms with Crippen LogP contribution in [0.3, 0.4) is 0 Å². The standard InChI is InChI=1S/C21H25.C13H10.C5H5.2ClH.Hf/c1-20(2,3)16-7-9-18-14(12-16)11-15-13-17(21(4,5)6)8-10-19(15)18;1-3-7-12(8-4-1)11-13-9-5-2-6-10-13;1-2-4-5-3-1;;;/h7-10,12H,11H2,1-6H3;1-10H;1-3H,4H2;2*1H;/q-1;;-1;;;+2/p-2. The topological polar surface area (TPSA) is 0 Å². The van der Waals surface area contributed by atoms with E-state index in [9.17, 15) is 0 Å². The fraction of sp³-hybridized carbons (Fsp3) is 0.256. The molecule has 0 radical (unpaired) electrons. The van der Waals surface area contributed by atoms with Crippen molar-refractivity contribution >= 4 is 3.26 Å². The second kappa shape index (κ2) is 15.9. The summed E-state index contributed by atoms with van der Waals surface area (Å²) in [6, 6.07) is 36.4. The van der Waals surface area contributed by atoms with Gasteiger partial charge in [0, 0.05) is 0 Å². The summed E-state index contributed by atoms with van der Waals surface area (Å²) in [7, 11) is 0. The summed E-state index contributed by atoms with van der Waals surface area (Å²) in [5.41, 5.74) is 11.4. The van der Waals surface area contributed by atoms with E-state index < -0.39 is 0 Å². The molecule has 0 saturated heterocycles. The quantitative estimate of drug-likeness (QED) is 0.190. The normalized spacial score (nSPS) is 12.4. The number of fused-ring (bicyclic) bond motifs is 3. The van der Waals surface area contributed by atoms with Crippen LogP contribution in [0.25, 0.3) is 11.1 Å². The van der Waals surface area contributed by atoms with Crippen molar-refractivity contribution in [1.29, 1.82) is 0 Å². The third-order valence-electron chi connectivity index (χ3n) is 7.17. The van der Waals surface area contributed by atoms with Crippen LogP contribution in [-0.2, 0) is 41.1 Å². The van der Waals surface area contributed by atoms with Crippen LogP contribution in [0.1, 0.15) is 81.3 Å². The molecule has 2 aliphatic rings. The molecule has 0 spiro atoms. The zero-order valence-corrected chi connectivity index (χ0v) is 30.7. The van der Waals surface area contributed by atoms with Crippen LogP contribution >= 0.6 is 0 Å². The predicted octanol–water partition coefficient (Wildman–Crippen LogP) is 3.77. The predicted molar refractivity (Wildman–Crippen MR) is 169 cm³/mol. The molecule has 0 heterocycles. The Bertz CT molecular complexity index is 1390. The number of hydrogen-bond acceptors (Lipinski definition) is 0. The van der Waals surface area contributed by atoms with Crippen molar-refractivity contribution in [3.63, 3.8) is 0 Å². The Kier molecular flexibility index (Phi) is 13.6. The van der Waals surface area contributed by atoms with E-state index in [1.165, 1.54) is 47.8 Å². The number of rotatable bonds is 2. The third kappa shape index (κ3) is 9.60. The second-order valence-electron chi connectivity index (χ2n) is 12.4. The zero-order valence-electron chi connectivity index (χ0n) is 25.6. The summed E-state index contributed by atoms with van der Waals surface area (Å²) in [5.74, 6) is 0. The molecule has 0 fully saturated rings. The Balaban J connectivity index is 0.000000253. The van der Waals surface area contributed by atoms with Gasteiger partial charge in [-0.3, -0.25) is 6.08 Å². The molecular formula is C39H40Cl2Hf-2. The first-order valence-electron chi connectivity index (χ1n) is 14.1. The van der Waals surface area contributed by atoms with Gasteiger partial charge in [0.1, 0.15) is 0 Å². The average molecular weight is 758 g/mol. The van der Waals surface area contributed by atoms with Crippen molar-refractivity contribution < 1.29 is 48.7 Å². The van der Waals surface area contributed by atoms with Gasteiger partial charge in [0.15, 0.2) is 0 Å². The number of halogens is 2. The van der Waals surface area contributed by atoms with Crippen LogP contribution in [0.15, 0.2) is 109 Å². The van der Waals surface area contributed by atoms with Gasteiger partial charge >= 0.3 is 98.9 Å². The van der Waals surface area contributed by atoms with Gasteiger partial charge in [0.05, 0.1) is 0 Å². The Morgan fingerprint density at radius 1 is 0.690 bits per heavy atom. The van der Waals surface area contributed by atoms with Gasteiger partial charge in [-0.1, -0.05) is 65.3 Å². The molecule has 0 saturated carbocycles. The molecule has 42 heavy (non-hydrogen) atoms. The molecule has 0 nitrogen and oxygen atoms in total. The molecule has 0 atom stereocenters. The molecule has 0 N–H and O–H groups in total. The SMILES string of the molecule is CC(C)(C)c1[c-]c2c(cc1)-c1ccc(C(C)(C)C)cc1C2.[C-]1=CC=CC1.[Cl-].[Cl-].[Hf+2]=[C](c1ccccc1)c1ccccc1. The minimum absolute atomic E-state index is 0. The van der Waals surface area contributed by atoms with Crippen molar-refractivity contribution in [2.24, 2.45) is 0 Å². The summed E-state index contributed by atoms with van der Waals surface area (Å²) >= 11 is 1.08. The van der Waals surface area contributed by atoms with E-state index in [1.54, 1.807) is 0 Å². The fourth-order valence-electron chi connectivity index (χ4n) is 4.74. The summed E-state index contributed by atoms with van der Waals surface area (Å²) in [5, 5.41) is 0. The number of benzene rings is 4. The summed E-state index contributed by atoms with van der Waals surface area (Å²) in [6.07, 6.45) is 11.0. The maximum absolute atomic E-state index is 3.67. The Morgan fingerprint density at radius 3 is 1.71 bits per heavy atom. The number of allylic oxidation sites excluding steroid dienone is 4. The van der Waals surface area contributed by atoms with Crippen molar-refractivity contribution in [3.05, 3.63) is 155 Å². The van der Waals surface area contributed by atoms with Crippen LogP contribution in [0.2, 0.25) is 0 Å². The second-order valence-corrected chi connectivity index (χ2v) is 14.2. The van der Waals surface area contributed by atoms with Gasteiger partial charge < -0.3 is 24.8 Å². The molecule has 0 amide bonds. The molecule has 0 unspecified atom stereocenters. The van der Waals surface area contributed by atoms with Crippen LogP contribution in [0.5, 0.6) is 0 Å². The van der Waals surface area contributed by atoms with E-state index in [0.717, 1.165) is 36.7 Å². The molecule has 3 heteroatoms. The van der Waals surface area contributed by atoms with E-state index in [2.05, 4.69) is 151 Å². The number of hydrogen-bond donors (Lipinski definition) is 0. The van der Waals surface area contributed by atoms with E-state index in [0.29, 0.717) is 0 Å². The van der Waals surface area contributed by atoms with E-state index in [4.69, 9.17) is 0 Å². The Labute approximate surface area is 281 Å². The first kappa shape index (κ1) is 35.9. The molecule has 4 aromatic rings. The van der Waals surface area contributed by atoms with Gasteiger partial charge in [-0.25, -0.2) is 12.2 Å². The van der Waals surface area contributed by atoms with Crippen molar-refractivity contribution in [2.75, 3.05) is 0 Å². The Hall–Kier alpha value is -2.32. The first-order valence-corrected chi connectivity index (χ1v) is 15.9. The molecule has 0 aliphatic heterocycles. The third-order valence-corrected chi connectivity index (χ3v) is 9.25. The molecule has 0 aromatic heterocycles. The first-order chi connectivity index (χ1) is 19.0. The van der Waals surface area contributed by atoms with E-state index >= 15 is 0 Å². The van der Waals surface area contributed by atoms with Crippen LogP contribution in [0, 0.1) is 12.1 Å². The molecular weight excluding hydrogens is 718 g/mol. The van der Waals surface area contributed by atoms with Gasteiger partial charge in [0.25, 0.3) is 0 Å². The van der Waals surface area contributed by atoms with Gasteiger partial charge in [-0.2, -0.15) is 29.8 Å². The van der Waals surface area contributed by atoms with Gasteiger partial charge in [-0.15, -0.1) is 17.5 Å². The summed E-state index contributed by atoms with van der Waals surface area (Å²) in [6.45, 7) is 13.6. The molecule has 216 valence electrons. The van der Waals surface area contributed by atoms with Crippen LogP contribution < -0.4 is 24.8 Å². The van der Waals surface area contributed by atoms with Gasteiger partial charge in [-0.05, 0) is 28.4 Å². The fourth-order valence-corrected chi connectivity index (χ4v) is 5.94. The molecule has 0 bridgehead atoms. The molecule has 6 rings (SSSR count). The minimum atomic E-state index is 0. The van der Waals surface area contributed by atoms with E-state index in [-0.39, 0.29) is 35.6 Å². The average Bonchev–Trinajstić information content (AvgIpc) is 3.64. The molecule has 2 aliphatic carbocycles. The van der Waals surface area contributed by atoms with Gasteiger partial charge in [0.2, 0.25) is 0 Å². The molecule has 4 aromatic carbocycles. The Morgan fingerprint density at radius 2 is 1.26 bits per heavy atom. The zero-order chi connectivity index (χ0) is 28.8. The van der Waals surface area contributed by atoms with Crippen molar-refractivity contribution in [2.45, 2.75) is 65.2 Å². The van der Waals surface area contributed by atoms with Crippen molar-refractivity contribution in [3.8, 4) is 11.1 Å². The maximum atomic E-state index is 3.67.